The quantitative estimate of drug-likeness (QED) is 0.489. The molecule has 0 saturated carbocycles. The van der Waals surface area contributed by atoms with E-state index in [1.54, 1.807) is 0 Å². The maximum atomic E-state index is 9.92. The van der Waals surface area contributed by atoms with E-state index in [2.05, 4.69) is 13.8 Å². The summed E-state index contributed by atoms with van der Waals surface area (Å²) in [5.74, 6) is 1.55. The third kappa shape index (κ3) is 7.47. The van der Waals surface area contributed by atoms with Crippen LogP contribution in [0, 0.1) is 0 Å². The zero-order valence-electron chi connectivity index (χ0n) is 18.2. The lowest BCUT2D eigenvalue weighted by atomic mass is 9.78. The Morgan fingerprint density at radius 1 is 0.767 bits per heavy atom. The second kappa shape index (κ2) is 11.6. The van der Waals surface area contributed by atoms with Crippen molar-refractivity contribution in [2.24, 2.45) is 0 Å². The molecule has 0 saturated heterocycles. The highest BCUT2D eigenvalue weighted by Gasteiger charge is 2.23. The Kier molecular flexibility index (Phi) is 9.43. The molecule has 30 heavy (non-hydrogen) atoms. The average molecular weight is 437 g/mol. The van der Waals surface area contributed by atoms with Gasteiger partial charge >= 0.3 is 0 Å². The van der Waals surface area contributed by atoms with Crippen molar-refractivity contribution in [2.75, 3.05) is 25.7 Å². The Labute approximate surface area is 184 Å². The summed E-state index contributed by atoms with van der Waals surface area (Å²) in [6.07, 6.45) is -1.25. The summed E-state index contributed by atoms with van der Waals surface area (Å²) < 4.78 is 16.6. The monoisotopic (exact) mass is 436 g/mol. The van der Waals surface area contributed by atoms with Gasteiger partial charge in [-0.3, -0.25) is 0 Å². The minimum absolute atomic E-state index is 0.0824. The van der Waals surface area contributed by atoms with Crippen LogP contribution in [0.4, 0.5) is 0 Å². The predicted molar refractivity (Wildman–Crippen MR) is 120 cm³/mol. The van der Waals surface area contributed by atoms with Crippen LogP contribution in [0.15, 0.2) is 48.5 Å². The zero-order valence-corrected chi connectivity index (χ0v) is 18.9. The topological polar surface area (TPSA) is 68.2 Å². The first-order valence-electron chi connectivity index (χ1n) is 10.2. The lowest BCUT2D eigenvalue weighted by molar-refractivity contribution is -0.0122. The summed E-state index contributed by atoms with van der Waals surface area (Å²) in [7, 11) is 0. The van der Waals surface area contributed by atoms with Gasteiger partial charge in [-0.25, -0.2) is 0 Å². The van der Waals surface area contributed by atoms with Gasteiger partial charge in [-0.1, -0.05) is 38.1 Å². The molecular formula is C24H33ClO5. The fourth-order valence-electron chi connectivity index (χ4n) is 2.88. The molecule has 0 heterocycles. The van der Waals surface area contributed by atoms with Gasteiger partial charge in [0, 0.05) is 5.41 Å². The van der Waals surface area contributed by atoms with Crippen LogP contribution in [0.2, 0.25) is 0 Å². The first-order chi connectivity index (χ1) is 14.2. The summed E-state index contributed by atoms with van der Waals surface area (Å²) in [6, 6.07) is 15.7. The molecule has 0 aliphatic carbocycles. The number of alkyl halides is 1. The molecule has 0 aromatic heterocycles. The molecule has 0 radical (unpaired) electrons. The van der Waals surface area contributed by atoms with E-state index in [-0.39, 0.29) is 37.2 Å². The van der Waals surface area contributed by atoms with E-state index in [1.165, 1.54) is 0 Å². The Balaban J connectivity index is 1.95. The Morgan fingerprint density at radius 3 is 1.60 bits per heavy atom. The smallest absolute Gasteiger partial charge is 0.119 e. The number of rotatable bonds is 12. The third-order valence-corrected chi connectivity index (χ3v) is 5.19. The van der Waals surface area contributed by atoms with Crippen LogP contribution in [0.3, 0.4) is 0 Å². The summed E-state index contributed by atoms with van der Waals surface area (Å²) >= 11 is 5.59. The molecule has 2 atom stereocenters. The highest BCUT2D eigenvalue weighted by atomic mass is 35.5. The third-order valence-electron chi connectivity index (χ3n) is 4.84. The van der Waals surface area contributed by atoms with E-state index >= 15 is 0 Å². The molecule has 5 nitrogen and oxygen atoms in total. The maximum Gasteiger partial charge on any atom is 0.119 e. The Morgan fingerprint density at radius 2 is 1.20 bits per heavy atom. The van der Waals surface area contributed by atoms with Crippen LogP contribution in [0.5, 0.6) is 11.5 Å². The second-order valence-corrected chi connectivity index (χ2v) is 8.45. The van der Waals surface area contributed by atoms with Crippen molar-refractivity contribution < 1.29 is 24.4 Å². The summed E-state index contributed by atoms with van der Waals surface area (Å²) in [4.78, 5) is 0. The summed E-state index contributed by atoms with van der Waals surface area (Å²) in [6.45, 7) is 8.79. The molecular weight excluding hydrogens is 404 g/mol. The number of hydrogen-bond donors (Lipinski definition) is 2. The molecule has 6 heteroatoms. The molecule has 0 spiro atoms. The van der Waals surface area contributed by atoms with Crippen molar-refractivity contribution in [1.82, 2.24) is 0 Å². The molecule has 2 rings (SSSR count). The summed E-state index contributed by atoms with van der Waals surface area (Å²) in [5, 5.41) is 19.4. The molecule has 0 aliphatic rings. The van der Waals surface area contributed by atoms with Crippen molar-refractivity contribution in [3.05, 3.63) is 59.7 Å². The van der Waals surface area contributed by atoms with Crippen molar-refractivity contribution >= 4 is 11.6 Å². The number of benzene rings is 2. The number of halogens is 1. The van der Waals surface area contributed by atoms with Crippen LogP contribution in [-0.2, 0) is 10.2 Å². The number of aliphatic hydroxyl groups is 2. The van der Waals surface area contributed by atoms with Crippen LogP contribution >= 0.6 is 11.6 Å². The summed E-state index contributed by atoms with van der Waals surface area (Å²) in [5.41, 5.74) is 2.07. The molecule has 2 aromatic carbocycles. The minimum atomic E-state index is -0.674. The van der Waals surface area contributed by atoms with Crippen LogP contribution < -0.4 is 9.47 Å². The predicted octanol–water partition coefficient (Wildman–Crippen LogP) is 4.16. The zero-order chi connectivity index (χ0) is 22.1. The van der Waals surface area contributed by atoms with Crippen LogP contribution in [0.1, 0.15) is 38.8 Å². The first kappa shape index (κ1) is 24.5. The fourth-order valence-corrected chi connectivity index (χ4v) is 2.97. The number of aliphatic hydroxyl groups excluding tert-OH is 2. The van der Waals surface area contributed by atoms with Crippen molar-refractivity contribution in [3.8, 4) is 11.5 Å². The molecule has 0 unspecified atom stereocenters. The van der Waals surface area contributed by atoms with E-state index < -0.39 is 12.2 Å². The molecule has 0 fully saturated rings. The molecule has 0 amide bonds. The largest absolute Gasteiger partial charge is 0.491 e. The van der Waals surface area contributed by atoms with E-state index in [0.29, 0.717) is 11.5 Å². The average Bonchev–Trinajstić information content (AvgIpc) is 2.75. The van der Waals surface area contributed by atoms with Crippen molar-refractivity contribution in [3.63, 3.8) is 0 Å². The van der Waals surface area contributed by atoms with Gasteiger partial charge in [0.25, 0.3) is 0 Å². The van der Waals surface area contributed by atoms with E-state index in [9.17, 15) is 10.2 Å². The van der Waals surface area contributed by atoms with Gasteiger partial charge in [0.2, 0.25) is 0 Å². The highest BCUT2D eigenvalue weighted by molar-refractivity contribution is 6.18. The van der Waals surface area contributed by atoms with Crippen molar-refractivity contribution in [1.29, 1.82) is 0 Å². The maximum absolute atomic E-state index is 9.92. The lowest BCUT2D eigenvalue weighted by Gasteiger charge is -2.26. The van der Waals surface area contributed by atoms with Gasteiger partial charge in [0.05, 0.1) is 18.6 Å². The van der Waals surface area contributed by atoms with E-state index in [4.69, 9.17) is 25.8 Å². The van der Waals surface area contributed by atoms with Gasteiger partial charge < -0.3 is 24.4 Å². The number of hydrogen-bond acceptors (Lipinski definition) is 5. The molecule has 2 aromatic rings. The molecule has 0 aliphatic heterocycles. The highest BCUT2D eigenvalue weighted by Crippen LogP contribution is 2.33. The lowest BCUT2D eigenvalue weighted by Crippen LogP contribution is -2.25. The minimum Gasteiger partial charge on any atom is -0.491 e. The Hall–Kier alpha value is -1.79. The van der Waals surface area contributed by atoms with Crippen LogP contribution in [-0.4, -0.2) is 54.2 Å². The van der Waals surface area contributed by atoms with Gasteiger partial charge in [-0.05, 0) is 49.2 Å². The van der Waals surface area contributed by atoms with Gasteiger partial charge in [-0.15, -0.1) is 11.6 Å². The SMILES string of the molecule is CC(C)OC[C@H](O)COc1ccc(C(C)(C)c2ccc(OC[C@H](O)CCl)cc2)cc1. The molecule has 2 N–H and O–H groups in total. The molecule has 166 valence electrons. The van der Waals surface area contributed by atoms with Crippen LogP contribution in [0.25, 0.3) is 0 Å². The number of ether oxygens (including phenoxy) is 3. The van der Waals surface area contributed by atoms with E-state index in [0.717, 1.165) is 11.1 Å². The molecule has 0 bridgehead atoms. The van der Waals surface area contributed by atoms with Gasteiger partial charge in [0.15, 0.2) is 0 Å². The first-order valence-corrected chi connectivity index (χ1v) is 10.8. The Bertz CT molecular complexity index is 743. The van der Waals surface area contributed by atoms with E-state index in [1.807, 2.05) is 62.4 Å². The standard InChI is InChI=1S/C24H33ClO5/c1-17(2)28-15-21(27)16-30-23-11-7-19(8-12-23)24(3,4)18-5-9-22(10-6-18)29-14-20(26)13-25/h5-12,17,20-21,26-27H,13-16H2,1-4H3/t20-,21+/m1/s1. The fraction of sp³-hybridized carbons (Fsp3) is 0.500. The second-order valence-electron chi connectivity index (χ2n) is 8.14. The van der Waals surface area contributed by atoms with Gasteiger partial charge in [-0.2, -0.15) is 0 Å². The van der Waals surface area contributed by atoms with Crippen molar-refractivity contribution in [2.45, 2.75) is 51.4 Å². The normalized spacial score (nSPS) is 13.9. The van der Waals surface area contributed by atoms with Gasteiger partial charge in [0.1, 0.15) is 36.9 Å².